The van der Waals surface area contributed by atoms with Crippen LogP contribution in [0.15, 0.2) is 48.5 Å². The van der Waals surface area contributed by atoms with Gasteiger partial charge in [0.05, 0.1) is 12.0 Å². The zero-order valence-electron chi connectivity index (χ0n) is 11.3. The molecule has 0 saturated heterocycles. The fourth-order valence-corrected chi connectivity index (χ4v) is 1.79. The molecular weight excluding hydrogens is 274 g/mol. The molecule has 0 aliphatic heterocycles. The minimum Gasteiger partial charge on any atom is -0.475 e. The van der Waals surface area contributed by atoms with E-state index in [1.165, 1.54) is 19.2 Å². The number of benzene rings is 2. The number of nitro groups is 1. The number of hydrogen-bond donors (Lipinski definition) is 0. The molecule has 0 atom stereocenters. The fourth-order valence-electron chi connectivity index (χ4n) is 1.79. The third-order valence-electron chi connectivity index (χ3n) is 2.84. The number of carbonyl (C=O) groups excluding carboxylic acids is 1. The lowest BCUT2D eigenvalue weighted by molar-refractivity contribution is -0.385. The van der Waals surface area contributed by atoms with Gasteiger partial charge in [0, 0.05) is 6.07 Å². The Morgan fingerprint density at radius 2 is 1.86 bits per heavy atom. The first-order valence-corrected chi connectivity index (χ1v) is 6.15. The van der Waals surface area contributed by atoms with Crippen LogP contribution >= 0.6 is 0 Å². The molecule has 0 N–H and O–H groups in total. The van der Waals surface area contributed by atoms with Gasteiger partial charge in [0.25, 0.3) is 0 Å². The van der Waals surface area contributed by atoms with Crippen LogP contribution < -0.4 is 4.74 Å². The predicted octanol–water partition coefficient (Wildman–Crippen LogP) is 2.81. The maximum Gasteiger partial charge on any atom is 0.343 e. The first-order chi connectivity index (χ1) is 10.1. The van der Waals surface area contributed by atoms with Crippen LogP contribution in [0.1, 0.15) is 0 Å². The highest BCUT2D eigenvalue weighted by atomic mass is 16.6. The average molecular weight is 287 g/mol. The van der Waals surface area contributed by atoms with Crippen molar-refractivity contribution in [3.05, 3.63) is 58.6 Å². The number of ether oxygens (including phenoxy) is 2. The Labute approximate surface area is 121 Å². The topological polar surface area (TPSA) is 78.7 Å². The molecule has 0 aliphatic rings. The number of rotatable bonds is 5. The zero-order valence-corrected chi connectivity index (χ0v) is 11.3. The van der Waals surface area contributed by atoms with E-state index < -0.39 is 10.9 Å². The van der Waals surface area contributed by atoms with Crippen molar-refractivity contribution >= 4 is 11.7 Å². The monoisotopic (exact) mass is 287 g/mol. The second kappa shape index (κ2) is 6.51. The Bertz CT molecular complexity index is 654. The summed E-state index contributed by atoms with van der Waals surface area (Å²) in [7, 11) is 1.22. The largest absolute Gasteiger partial charge is 0.475 e. The van der Waals surface area contributed by atoms with Gasteiger partial charge >= 0.3 is 11.7 Å². The molecule has 0 fully saturated rings. The third-order valence-corrected chi connectivity index (χ3v) is 2.84. The minimum absolute atomic E-state index is 0.0325. The van der Waals surface area contributed by atoms with Gasteiger partial charge < -0.3 is 9.47 Å². The van der Waals surface area contributed by atoms with Crippen molar-refractivity contribution in [2.75, 3.05) is 13.7 Å². The average Bonchev–Trinajstić information content (AvgIpc) is 2.53. The maximum absolute atomic E-state index is 11.1. The van der Waals surface area contributed by atoms with Crippen LogP contribution in [0.5, 0.6) is 5.75 Å². The standard InChI is InChI=1S/C15H13NO5/c1-20-15(17)10-21-14-8-7-12(9-13(14)16(18)19)11-5-3-2-4-6-11/h2-9H,10H2,1H3. The van der Waals surface area contributed by atoms with Crippen LogP contribution in [0.4, 0.5) is 5.69 Å². The van der Waals surface area contributed by atoms with E-state index in [1.807, 2.05) is 30.3 Å². The summed E-state index contributed by atoms with van der Waals surface area (Å²) in [6.07, 6.45) is 0. The van der Waals surface area contributed by atoms with Gasteiger partial charge in [-0.05, 0) is 17.2 Å². The van der Waals surface area contributed by atoms with Crippen molar-refractivity contribution in [1.29, 1.82) is 0 Å². The first-order valence-electron chi connectivity index (χ1n) is 6.15. The summed E-state index contributed by atoms with van der Waals surface area (Å²) in [5, 5.41) is 11.1. The van der Waals surface area contributed by atoms with Gasteiger partial charge in [0.15, 0.2) is 12.4 Å². The summed E-state index contributed by atoms with van der Waals surface area (Å²) in [5.41, 5.74) is 1.37. The Hall–Kier alpha value is -2.89. The Morgan fingerprint density at radius 1 is 1.14 bits per heavy atom. The molecular formula is C15H13NO5. The van der Waals surface area contributed by atoms with Gasteiger partial charge in [0.2, 0.25) is 0 Å². The maximum atomic E-state index is 11.1. The lowest BCUT2D eigenvalue weighted by Gasteiger charge is -2.07. The van der Waals surface area contributed by atoms with Gasteiger partial charge in [-0.3, -0.25) is 10.1 Å². The molecule has 108 valence electrons. The van der Waals surface area contributed by atoms with Crippen LogP contribution in [0.25, 0.3) is 11.1 Å². The SMILES string of the molecule is COC(=O)COc1ccc(-c2ccccc2)cc1[N+](=O)[O-]. The molecule has 0 unspecified atom stereocenters. The molecule has 6 nitrogen and oxygen atoms in total. The number of esters is 1. The van der Waals surface area contributed by atoms with E-state index in [1.54, 1.807) is 6.07 Å². The number of methoxy groups -OCH3 is 1. The summed E-state index contributed by atoms with van der Waals surface area (Å²) in [6, 6.07) is 13.9. The second-order valence-corrected chi connectivity index (χ2v) is 4.17. The fraction of sp³-hybridized carbons (Fsp3) is 0.133. The normalized spacial score (nSPS) is 9.95. The minimum atomic E-state index is -0.601. The molecule has 2 rings (SSSR count). The van der Waals surface area contributed by atoms with E-state index in [0.29, 0.717) is 5.56 Å². The number of nitrogens with zero attached hydrogens (tertiary/aromatic N) is 1. The van der Waals surface area contributed by atoms with Crippen molar-refractivity contribution in [3.63, 3.8) is 0 Å². The van der Waals surface area contributed by atoms with Gasteiger partial charge in [-0.1, -0.05) is 36.4 Å². The van der Waals surface area contributed by atoms with Crippen molar-refractivity contribution in [2.24, 2.45) is 0 Å². The van der Waals surface area contributed by atoms with Crippen LogP contribution in [-0.2, 0) is 9.53 Å². The molecule has 0 spiro atoms. The van der Waals surface area contributed by atoms with Gasteiger partial charge in [0.1, 0.15) is 0 Å². The Morgan fingerprint density at radius 3 is 2.48 bits per heavy atom. The quantitative estimate of drug-likeness (QED) is 0.480. The van der Waals surface area contributed by atoms with E-state index >= 15 is 0 Å². The van der Waals surface area contributed by atoms with Gasteiger partial charge in [-0.2, -0.15) is 0 Å². The molecule has 6 heteroatoms. The van der Waals surface area contributed by atoms with Crippen molar-refractivity contribution in [1.82, 2.24) is 0 Å². The lowest BCUT2D eigenvalue weighted by atomic mass is 10.0. The molecule has 21 heavy (non-hydrogen) atoms. The molecule has 2 aromatic carbocycles. The van der Waals surface area contributed by atoms with E-state index in [-0.39, 0.29) is 18.0 Å². The Kier molecular flexibility index (Phi) is 4.50. The first kappa shape index (κ1) is 14.5. The smallest absolute Gasteiger partial charge is 0.343 e. The van der Waals surface area contributed by atoms with Crippen molar-refractivity contribution in [2.45, 2.75) is 0 Å². The molecule has 0 saturated carbocycles. The highest BCUT2D eigenvalue weighted by Gasteiger charge is 2.17. The summed E-state index contributed by atoms with van der Waals surface area (Å²) < 4.78 is 9.56. The Balaban J connectivity index is 2.31. The number of nitro benzene ring substituents is 1. The number of carbonyl (C=O) groups is 1. The van der Waals surface area contributed by atoms with Crippen molar-refractivity contribution in [3.8, 4) is 16.9 Å². The van der Waals surface area contributed by atoms with Crippen molar-refractivity contribution < 1.29 is 19.2 Å². The van der Waals surface area contributed by atoms with Crippen LogP contribution in [0.3, 0.4) is 0 Å². The summed E-state index contributed by atoms with van der Waals surface area (Å²) in [6.45, 7) is -0.373. The highest BCUT2D eigenvalue weighted by molar-refractivity contribution is 5.72. The molecule has 0 aliphatic carbocycles. The van der Waals surface area contributed by atoms with Crippen LogP contribution in [-0.4, -0.2) is 24.6 Å². The lowest BCUT2D eigenvalue weighted by Crippen LogP contribution is -2.13. The number of hydrogen-bond acceptors (Lipinski definition) is 5. The third kappa shape index (κ3) is 3.56. The molecule has 0 amide bonds. The van der Waals surface area contributed by atoms with Crippen LogP contribution in [0.2, 0.25) is 0 Å². The molecule has 0 aromatic heterocycles. The van der Waals surface area contributed by atoms with E-state index in [2.05, 4.69) is 4.74 Å². The molecule has 0 heterocycles. The summed E-state index contributed by atoms with van der Waals surface area (Å²) in [4.78, 5) is 21.6. The predicted molar refractivity (Wildman–Crippen MR) is 76.0 cm³/mol. The summed E-state index contributed by atoms with van der Waals surface area (Å²) in [5.74, 6) is -0.568. The van der Waals surface area contributed by atoms with Crippen LogP contribution in [0, 0.1) is 10.1 Å². The summed E-state index contributed by atoms with van der Waals surface area (Å²) >= 11 is 0. The second-order valence-electron chi connectivity index (χ2n) is 4.17. The highest BCUT2D eigenvalue weighted by Crippen LogP contribution is 2.32. The van der Waals surface area contributed by atoms with Gasteiger partial charge in [-0.25, -0.2) is 4.79 Å². The molecule has 2 aromatic rings. The van der Waals surface area contributed by atoms with E-state index in [9.17, 15) is 14.9 Å². The van der Waals surface area contributed by atoms with E-state index in [0.717, 1.165) is 5.56 Å². The molecule has 0 radical (unpaired) electrons. The molecule has 0 bridgehead atoms. The van der Waals surface area contributed by atoms with Gasteiger partial charge in [-0.15, -0.1) is 0 Å². The van der Waals surface area contributed by atoms with E-state index in [4.69, 9.17) is 4.74 Å². The zero-order chi connectivity index (χ0) is 15.2.